The van der Waals surface area contributed by atoms with E-state index in [-0.39, 0.29) is 11.9 Å². The molecule has 1 aliphatic carbocycles. The number of carbonyl (C=O) groups excluding carboxylic acids is 1. The highest BCUT2D eigenvalue weighted by Gasteiger charge is 2.17. The molecule has 148 valence electrons. The highest BCUT2D eigenvalue weighted by Crippen LogP contribution is 2.23. The molecule has 3 aromatic rings. The van der Waals surface area contributed by atoms with Crippen LogP contribution in [0, 0.1) is 0 Å². The van der Waals surface area contributed by atoms with E-state index in [2.05, 4.69) is 20.6 Å². The highest BCUT2D eigenvalue weighted by atomic mass is 16.5. The highest BCUT2D eigenvalue weighted by molar-refractivity contribution is 5.93. The van der Waals surface area contributed by atoms with E-state index in [9.17, 15) is 4.79 Å². The predicted molar refractivity (Wildman–Crippen MR) is 113 cm³/mol. The summed E-state index contributed by atoms with van der Waals surface area (Å²) >= 11 is 0. The number of amides is 1. The quantitative estimate of drug-likeness (QED) is 0.616. The molecule has 0 aliphatic heterocycles. The topological polar surface area (TPSA) is 76.1 Å². The first-order valence-electron chi connectivity index (χ1n) is 9.99. The molecule has 0 spiro atoms. The van der Waals surface area contributed by atoms with Crippen molar-refractivity contribution in [2.24, 2.45) is 0 Å². The number of benzene rings is 2. The molecule has 0 unspecified atom stereocenters. The molecule has 1 aromatic heterocycles. The maximum Gasteiger partial charge on any atom is 0.254 e. The lowest BCUT2D eigenvalue weighted by atomic mass is 9.95. The Balaban J connectivity index is 1.33. The smallest absolute Gasteiger partial charge is 0.254 e. The van der Waals surface area contributed by atoms with E-state index < -0.39 is 0 Å². The number of rotatable bonds is 6. The second-order valence-electron chi connectivity index (χ2n) is 7.17. The van der Waals surface area contributed by atoms with Gasteiger partial charge in [0.05, 0.1) is 5.56 Å². The van der Waals surface area contributed by atoms with Crippen LogP contribution < -0.4 is 15.4 Å². The summed E-state index contributed by atoms with van der Waals surface area (Å²) in [5.41, 5.74) is 1.32. The minimum absolute atomic E-state index is 0.106. The molecular weight excluding hydrogens is 364 g/mol. The average Bonchev–Trinajstić information content (AvgIpc) is 2.77. The Labute approximate surface area is 170 Å². The van der Waals surface area contributed by atoms with Crippen molar-refractivity contribution < 1.29 is 9.53 Å². The van der Waals surface area contributed by atoms with Crippen molar-refractivity contribution in [1.29, 1.82) is 0 Å². The molecule has 4 rings (SSSR count). The Morgan fingerprint density at radius 1 is 0.862 bits per heavy atom. The molecule has 1 amide bonds. The molecule has 6 heteroatoms. The Hall–Kier alpha value is -3.41. The van der Waals surface area contributed by atoms with Gasteiger partial charge in [0.1, 0.15) is 11.5 Å². The van der Waals surface area contributed by atoms with Gasteiger partial charge in [0.15, 0.2) is 0 Å². The lowest BCUT2D eigenvalue weighted by Crippen LogP contribution is -2.36. The standard InChI is InChI=1S/C23H24N4O2/c28-22(26-18-7-3-1-4-8-18)17-15-24-23(25-16-17)27-19-11-13-21(14-12-19)29-20-9-5-2-6-10-20/h2,5-6,9-16,18H,1,3-4,7-8H2,(H,26,28)(H,24,25,27). The summed E-state index contributed by atoms with van der Waals surface area (Å²) in [6, 6.07) is 17.4. The summed E-state index contributed by atoms with van der Waals surface area (Å²) in [7, 11) is 0. The first-order chi connectivity index (χ1) is 14.3. The molecule has 0 atom stereocenters. The van der Waals surface area contributed by atoms with Gasteiger partial charge in [-0.05, 0) is 49.2 Å². The molecule has 2 aromatic carbocycles. The molecule has 29 heavy (non-hydrogen) atoms. The van der Waals surface area contributed by atoms with E-state index in [4.69, 9.17) is 4.74 Å². The number of hydrogen-bond acceptors (Lipinski definition) is 5. The number of anilines is 2. The zero-order chi connectivity index (χ0) is 19.9. The van der Waals surface area contributed by atoms with Crippen LogP contribution in [0.2, 0.25) is 0 Å². The fourth-order valence-electron chi connectivity index (χ4n) is 3.39. The molecule has 1 heterocycles. The minimum atomic E-state index is -0.106. The largest absolute Gasteiger partial charge is 0.457 e. The summed E-state index contributed by atoms with van der Waals surface area (Å²) in [6.45, 7) is 0. The molecule has 6 nitrogen and oxygen atoms in total. The van der Waals surface area contributed by atoms with Crippen LogP contribution in [0.25, 0.3) is 0 Å². The van der Waals surface area contributed by atoms with Crippen LogP contribution in [-0.4, -0.2) is 21.9 Å². The van der Waals surface area contributed by atoms with Crippen molar-refractivity contribution in [3.8, 4) is 11.5 Å². The molecule has 1 aliphatic rings. The zero-order valence-corrected chi connectivity index (χ0v) is 16.2. The molecule has 0 bridgehead atoms. The Morgan fingerprint density at radius 2 is 1.52 bits per heavy atom. The van der Waals surface area contributed by atoms with E-state index in [1.54, 1.807) is 12.4 Å². The number of carbonyl (C=O) groups is 1. The number of nitrogens with zero attached hydrogens (tertiary/aromatic N) is 2. The van der Waals surface area contributed by atoms with Crippen molar-refractivity contribution in [3.05, 3.63) is 72.6 Å². The summed E-state index contributed by atoms with van der Waals surface area (Å²) in [4.78, 5) is 20.9. The van der Waals surface area contributed by atoms with Crippen molar-refractivity contribution >= 4 is 17.5 Å². The second kappa shape index (κ2) is 9.19. The maximum atomic E-state index is 12.3. The van der Waals surface area contributed by atoms with E-state index in [1.165, 1.54) is 19.3 Å². The normalized spacial score (nSPS) is 14.2. The molecular formula is C23H24N4O2. The molecule has 0 saturated heterocycles. The third-order valence-electron chi connectivity index (χ3n) is 4.94. The summed E-state index contributed by atoms with van der Waals surface area (Å²) < 4.78 is 5.78. The van der Waals surface area contributed by atoms with Crippen LogP contribution >= 0.6 is 0 Å². The molecule has 1 saturated carbocycles. The zero-order valence-electron chi connectivity index (χ0n) is 16.2. The van der Waals surface area contributed by atoms with Crippen molar-refractivity contribution in [2.75, 3.05) is 5.32 Å². The fourth-order valence-corrected chi connectivity index (χ4v) is 3.39. The van der Waals surface area contributed by atoms with Gasteiger partial charge >= 0.3 is 0 Å². The maximum absolute atomic E-state index is 12.3. The van der Waals surface area contributed by atoms with Crippen LogP contribution in [0.1, 0.15) is 42.5 Å². The summed E-state index contributed by atoms with van der Waals surface area (Å²) in [5.74, 6) is 1.87. The van der Waals surface area contributed by atoms with Crippen molar-refractivity contribution in [1.82, 2.24) is 15.3 Å². The predicted octanol–water partition coefficient (Wildman–Crippen LogP) is 5.08. The summed E-state index contributed by atoms with van der Waals surface area (Å²) in [5, 5.41) is 6.21. The Kier molecular flexibility index (Phi) is 6.00. The van der Waals surface area contributed by atoms with E-state index in [1.807, 2.05) is 54.6 Å². The number of hydrogen-bond donors (Lipinski definition) is 2. The molecule has 0 radical (unpaired) electrons. The first kappa shape index (κ1) is 18.9. The van der Waals surface area contributed by atoms with Crippen LogP contribution in [-0.2, 0) is 0 Å². The van der Waals surface area contributed by atoms with Crippen LogP contribution in [0.4, 0.5) is 11.6 Å². The van der Waals surface area contributed by atoms with Gasteiger partial charge in [-0.2, -0.15) is 0 Å². The minimum Gasteiger partial charge on any atom is -0.457 e. The van der Waals surface area contributed by atoms with Gasteiger partial charge < -0.3 is 15.4 Å². The van der Waals surface area contributed by atoms with Gasteiger partial charge in [0, 0.05) is 24.1 Å². The number of para-hydroxylation sites is 1. The van der Waals surface area contributed by atoms with Crippen molar-refractivity contribution in [2.45, 2.75) is 38.1 Å². The monoisotopic (exact) mass is 388 g/mol. The number of aromatic nitrogens is 2. The second-order valence-corrected chi connectivity index (χ2v) is 7.17. The van der Waals surface area contributed by atoms with Gasteiger partial charge in [-0.1, -0.05) is 37.5 Å². The van der Waals surface area contributed by atoms with Gasteiger partial charge in [-0.15, -0.1) is 0 Å². The Bertz CT molecular complexity index is 921. The first-order valence-corrected chi connectivity index (χ1v) is 9.99. The van der Waals surface area contributed by atoms with Gasteiger partial charge in [0.25, 0.3) is 5.91 Å². The average molecular weight is 388 g/mol. The van der Waals surface area contributed by atoms with Crippen LogP contribution in [0.3, 0.4) is 0 Å². The lowest BCUT2D eigenvalue weighted by molar-refractivity contribution is 0.0927. The lowest BCUT2D eigenvalue weighted by Gasteiger charge is -2.22. The van der Waals surface area contributed by atoms with E-state index in [0.29, 0.717) is 11.5 Å². The number of nitrogens with one attached hydrogen (secondary N) is 2. The number of ether oxygens (including phenoxy) is 1. The summed E-state index contributed by atoms with van der Waals surface area (Å²) in [6.07, 6.45) is 8.83. The van der Waals surface area contributed by atoms with Gasteiger partial charge in [-0.25, -0.2) is 9.97 Å². The van der Waals surface area contributed by atoms with E-state index in [0.717, 1.165) is 30.0 Å². The van der Waals surface area contributed by atoms with Crippen LogP contribution in [0.5, 0.6) is 11.5 Å². The molecule has 1 fully saturated rings. The van der Waals surface area contributed by atoms with Gasteiger partial charge in [0.2, 0.25) is 5.95 Å². The SMILES string of the molecule is O=C(NC1CCCCC1)c1cnc(Nc2ccc(Oc3ccccc3)cc2)nc1. The van der Waals surface area contributed by atoms with Gasteiger partial charge in [-0.3, -0.25) is 4.79 Å². The fraction of sp³-hybridized carbons (Fsp3) is 0.261. The van der Waals surface area contributed by atoms with Crippen LogP contribution in [0.15, 0.2) is 67.0 Å². The van der Waals surface area contributed by atoms with Crippen molar-refractivity contribution in [3.63, 3.8) is 0 Å². The third kappa shape index (κ3) is 5.31. The Morgan fingerprint density at radius 3 is 2.21 bits per heavy atom. The van der Waals surface area contributed by atoms with E-state index >= 15 is 0 Å². The molecule has 2 N–H and O–H groups in total. The third-order valence-corrected chi connectivity index (χ3v) is 4.94.